The molecule has 3 atom stereocenters. The average Bonchev–Trinajstić information content (AvgIpc) is 2.39. The summed E-state index contributed by atoms with van der Waals surface area (Å²) in [6, 6.07) is 0. The van der Waals surface area contributed by atoms with E-state index in [0.717, 1.165) is 6.42 Å². The van der Waals surface area contributed by atoms with Gasteiger partial charge in [-0.05, 0) is 33.1 Å². The minimum atomic E-state index is -0.609. The minimum Gasteiger partial charge on any atom is -0.393 e. The number of aliphatic hydroxyl groups excluding tert-OH is 2. The Morgan fingerprint density at radius 2 is 1.71 bits per heavy atom. The summed E-state index contributed by atoms with van der Waals surface area (Å²) in [5, 5.41) is 19.3. The van der Waals surface area contributed by atoms with Crippen molar-refractivity contribution in [3.8, 4) is 0 Å². The number of unbranched alkanes of at least 4 members (excludes halogenated alkanes) is 1. The van der Waals surface area contributed by atoms with Crippen molar-refractivity contribution in [2.24, 2.45) is 5.92 Å². The van der Waals surface area contributed by atoms with Crippen LogP contribution in [0.1, 0.15) is 66.7 Å². The van der Waals surface area contributed by atoms with Crippen molar-refractivity contribution in [1.29, 1.82) is 0 Å². The Balaban J connectivity index is 3.81. The molecular formula is C17H36O4. The van der Waals surface area contributed by atoms with Crippen molar-refractivity contribution in [3.63, 3.8) is 0 Å². The van der Waals surface area contributed by atoms with Gasteiger partial charge in [-0.25, -0.2) is 0 Å². The van der Waals surface area contributed by atoms with Crippen molar-refractivity contribution in [2.45, 2.75) is 84.5 Å². The van der Waals surface area contributed by atoms with Crippen LogP contribution in [-0.2, 0) is 9.47 Å². The standard InChI is InChI=1S/C17H36O4/c1-6-8-9-15(7-2)11-20-12-16(19)13-21-17(4,5)10-14(3)18/h14-16,18-19H,6-13H2,1-5H3. The van der Waals surface area contributed by atoms with Crippen molar-refractivity contribution in [2.75, 3.05) is 19.8 Å². The van der Waals surface area contributed by atoms with Crippen LogP contribution in [0.25, 0.3) is 0 Å². The molecule has 0 aliphatic rings. The van der Waals surface area contributed by atoms with Crippen molar-refractivity contribution >= 4 is 0 Å². The molecule has 0 aromatic rings. The van der Waals surface area contributed by atoms with E-state index in [4.69, 9.17) is 9.47 Å². The molecule has 0 aromatic heterocycles. The van der Waals surface area contributed by atoms with E-state index in [1.54, 1.807) is 6.92 Å². The maximum atomic E-state index is 9.90. The number of aliphatic hydroxyl groups is 2. The maximum Gasteiger partial charge on any atom is 0.101 e. The molecule has 0 aliphatic heterocycles. The van der Waals surface area contributed by atoms with Gasteiger partial charge in [0.05, 0.1) is 24.9 Å². The molecule has 0 radical (unpaired) electrons. The van der Waals surface area contributed by atoms with Crippen LogP contribution in [0.5, 0.6) is 0 Å². The van der Waals surface area contributed by atoms with Crippen molar-refractivity contribution < 1.29 is 19.7 Å². The second kappa shape index (κ2) is 11.4. The first-order valence-electron chi connectivity index (χ1n) is 8.38. The molecule has 0 spiro atoms. The summed E-state index contributed by atoms with van der Waals surface area (Å²) in [4.78, 5) is 0. The van der Waals surface area contributed by atoms with Crippen LogP contribution in [0.15, 0.2) is 0 Å². The summed E-state index contributed by atoms with van der Waals surface area (Å²) < 4.78 is 11.3. The zero-order valence-corrected chi connectivity index (χ0v) is 14.6. The van der Waals surface area contributed by atoms with Crippen LogP contribution in [0, 0.1) is 5.92 Å². The summed E-state index contributed by atoms with van der Waals surface area (Å²) in [5.74, 6) is 0.588. The average molecular weight is 304 g/mol. The Kier molecular flexibility index (Phi) is 11.3. The zero-order valence-electron chi connectivity index (χ0n) is 14.6. The third-order valence-electron chi connectivity index (χ3n) is 3.66. The van der Waals surface area contributed by atoms with Crippen LogP contribution >= 0.6 is 0 Å². The number of ether oxygens (including phenoxy) is 2. The molecule has 4 nitrogen and oxygen atoms in total. The summed E-state index contributed by atoms with van der Waals surface area (Å²) in [5.41, 5.74) is -0.428. The minimum absolute atomic E-state index is 0.242. The number of hydrogen-bond donors (Lipinski definition) is 2. The second-order valence-corrected chi connectivity index (χ2v) is 6.73. The predicted molar refractivity (Wildman–Crippen MR) is 86.5 cm³/mol. The van der Waals surface area contributed by atoms with Gasteiger partial charge in [0.15, 0.2) is 0 Å². The fourth-order valence-corrected chi connectivity index (χ4v) is 2.41. The van der Waals surface area contributed by atoms with E-state index in [-0.39, 0.29) is 6.61 Å². The SMILES string of the molecule is CCCCC(CC)COCC(O)COC(C)(C)CC(C)O. The van der Waals surface area contributed by atoms with Gasteiger partial charge in [0.25, 0.3) is 0 Å². The molecule has 21 heavy (non-hydrogen) atoms. The van der Waals surface area contributed by atoms with Gasteiger partial charge in [0.1, 0.15) is 6.10 Å². The van der Waals surface area contributed by atoms with Gasteiger partial charge >= 0.3 is 0 Å². The lowest BCUT2D eigenvalue weighted by atomic mass is 10.0. The van der Waals surface area contributed by atoms with Gasteiger partial charge in [0, 0.05) is 13.0 Å². The van der Waals surface area contributed by atoms with Crippen LogP contribution in [0.2, 0.25) is 0 Å². The molecule has 0 fully saturated rings. The Morgan fingerprint density at radius 3 is 2.24 bits per heavy atom. The first-order valence-corrected chi connectivity index (χ1v) is 8.38. The predicted octanol–water partition coefficient (Wildman–Crippen LogP) is 3.15. The van der Waals surface area contributed by atoms with Crippen molar-refractivity contribution in [3.05, 3.63) is 0 Å². The highest BCUT2D eigenvalue weighted by molar-refractivity contribution is 4.72. The van der Waals surface area contributed by atoms with Gasteiger partial charge in [-0.15, -0.1) is 0 Å². The maximum absolute atomic E-state index is 9.90. The fraction of sp³-hybridized carbons (Fsp3) is 1.00. The van der Waals surface area contributed by atoms with E-state index in [1.807, 2.05) is 13.8 Å². The lowest BCUT2D eigenvalue weighted by Crippen LogP contribution is -2.34. The summed E-state index contributed by atoms with van der Waals surface area (Å²) in [7, 11) is 0. The molecule has 4 heteroatoms. The molecule has 0 heterocycles. The molecular weight excluding hydrogens is 268 g/mol. The van der Waals surface area contributed by atoms with E-state index in [2.05, 4.69) is 13.8 Å². The van der Waals surface area contributed by atoms with E-state index in [1.165, 1.54) is 19.3 Å². The highest BCUT2D eigenvalue weighted by Crippen LogP contribution is 2.17. The number of hydrogen-bond acceptors (Lipinski definition) is 4. The summed E-state index contributed by atoms with van der Waals surface area (Å²) in [6.45, 7) is 11.2. The molecule has 0 saturated heterocycles. The summed E-state index contributed by atoms with van der Waals surface area (Å²) in [6.07, 6.45) is 4.30. The van der Waals surface area contributed by atoms with E-state index >= 15 is 0 Å². The first kappa shape index (κ1) is 20.8. The quantitative estimate of drug-likeness (QED) is 0.549. The lowest BCUT2D eigenvalue weighted by Gasteiger charge is -2.28. The molecule has 2 N–H and O–H groups in total. The largest absolute Gasteiger partial charge is 0.393 e. The highest BCUT2D eigenvalue weighted by atomic mass is 16.5. The Hall–Kier alpha value is -0.160. The van der Waals surface area contributed by atoms with Gasteiger partial charge in [-0.1, -0.05) is 33.1 Å². The van der Waals surface area contributed by atoms with Crippen LogP contribution in [0.3, 0.4) is 0 Å². The van der Waals surface area contributed by atoms with E-state index in [9.17, 15) is 10.2 Å². The molecule has 0 bridgehead atoms. The highest BCUT2D eigenvalue weighted by Gasteiger charge is 2.22. The van der Waals surface area contributed by atoms with Gasteiger partial charge in [-0.3, -0.25) is 0 Å². The van der Waals surface area contributed by atoms with E-state index in [0.29, 0.717) is 25.6 Å². The topological polar surface area (TPSA) is 58.9 Å². The first-order chi connectivity index (χ1) is 9.80. The smallest absolute Gasteiger partial charge is 0.101 e. The lowest BCUT2D eigenvalue weighted by molar-refractivity contribution is -0.0950. The zero-order chi connectivity index (χ0) is 16.3. The van der Waals surface area contributed by atoms with Gasteiger partial charge in [0.2, 0.25) is 0 Å². The van der Waals surface area contributed by atoms with Crippen LogP contribution in [-0.4, -0.2) is 47.8 Å². The van der Waals surface area contributed by atoms with Crippen LogP contribution < -0.4 is 0 Å². The normalized spacial score (nSPS) is 16.7. The molecule has 0 amide bonds. The Bertz CT molecular complexity index is 241. The third kappa shape index (κ3) is 12.1. The molecule has 0 rings (SSSR count). The molecule has 3 unspecified atom stereocenters. The number of rotatable bonds is 13. The van der Waals surface area contributed by atoms with Gasteiger partial charge < -0.3 is 19.7 Å². The van der Waals surface area contributed by atoms with Crippen LogP contribution in [0.4, 0.5) is 0 Å². The molecule has 128 valence electrons. The van der Waals surface area contributed by atoms with Gasteiger partial charge in [-0.2, -0.15) is 0 Å². The second-order valence-electron chi connectivity index (χ2n) is 6.73. The summed E-state index contributed by atoms with van der Waals surface area (Å²) >= 11 is 0. The van der Waals surface area contributed by atoms with Crippen molar-refractivity contribution in [1.82, 2.24) is 0 Å². The monoisotopic (exact) mass is 304 g/mol. The Morgan fingerprint density at radius 1 is 1.05 bits per heavy atom. The molecule has 0 saturated carbocycles. The fourth-order valence-electron chi connectivity index (χ4n) is 2.41. The Labute approximate surface area is 130 Å². The molecule has 0 aromatic carbocycles. The third-order valence-corrected chi connectivity index (χ3v) is 3.66. The molecule has 0 aliphatic carbocycles. The van der Waals surface area contributed by atoms with E-state index < -0.39 is 17.8 Å².